The van der Waals surface area contributed by atoms with Gasteiger partial charge in [-0.3, -0.25) is 4.79 Å². The molecule has 5 heteroatoms. The fraction of sp³-hybridized carbons (Fsp3) is 0.533. The van der Waals surface area contributed by atoms with Crippen molar-refractivity contribution in [1.82, 2.24) is 15.5 Å². The Balaban J connectivity index is 2.62. The minimum absolute atomic E-state index is 0.00201. The van der Waals surface area contributed by atoms with E-state index in [1.807, 2.05) is 33.0 Å². The number of nitrogens with zero attached hydrogens (tertiary/aromatic N) is 1. The molecule has 1 aromatic rings. The monoisotopic (exact) mass is 281 g/mol. The van der Waals surface area contributed by atoms with Gasteiger partial charge in [0.05, 0.1) is 0 Å². The van der Waals surface area contributed by atoms with Crippen LogP contribution >= 0.6 is 0 Å². The highest BCUT2D eigenvalue weighted by Crippen LogP contribution is 2.12. The van der Waals surface area contributed by atoms with Crippen molar-refractivity contribution in [3.63, 3.8) is 0 Å². The van der Waals surface area contributed by atoms with Gasteiger partial charge in [-0.05, 0) is 38.8 Å². The number of carbonyl (C=O) groups excluding carboxylic acids is 1. The van der Waals surface area contributed by atoms with Crippen molar-refractivity contribution in [3.8, 4) is 0 Å². The molecule has 0 aliphatic rings. The molecule has 1 amide bonds. The molecule has 0 spiro atoms. The van der Waals surface area contributed by atoms with Gasteiger partial charge in [-0.25, -0.2) is 4.39 Å². The lowest BCUT2D eigenvalue weighted by atomic mass is 10.1. The van der Waals surface area contributed by atoms with Crippen LogP contribution in [0.1, 0.15) is 18.1 Å². The minimum Gasteiger partial charge on any atom is -0.352 e. The van der Waals surface area contributed by atoms with E-state index < -0.39 is 0 Å². The molecule has 0 heterocycles. The van der Waals surface area contributed by atoms with Crippen LogP contribution in [0.5, 0.6) is 0 Å². The van der Waals surface area contributed by atoms with Crippen LogP contribution in [-0.2, 0) is 17.9 Å². The molecule has 4 nitrogen and oxygen atoms in total. The molecular weight excluding hydrogens is 257 g/mol. The lowest BCUT2D eigenvalue weighted by Gasteiger charge is -2.14. The van der Waals surface area contributed by atoms with Gasteiger partial charge in [0.15, 0.2) is 0 Å². The maximum absolute atomic E-state index is 13.6. The zero-order valence-electron chi connectivity index (χ0n) is 12.7. The van der Waals surface area contributed by atoms with Gasteiger partial charge < -0.3 is 15.5 Å². The summed E-state index contributed by atoms with van der Waals surface area (Å²) in [4.78, 5) is 13.7. The molecule has 0 bridgehead atoms. The SMILES string of the molecule is CNCC(C)C(=O)NCc1ccc(F)c(CN(C)C)c1. The normalized spacial score (nSPS) is 12.5. The molecule has 1 unspecified atom stereocenters. The average Bonchev–Trinajstić information content (AvgIpc) is 2.39. The standard InChI is InChI=1S/C15H24FN3O/c1-11(8-17-2)15(20)18-9-12-5-6-14(16)13(7-12)10-19(3)4/h5-7,11,17H,8-10H2,1-4H3,(H,18,20). The van der Waals surface area contributed by atoms with Crippen LogP contribution in [-0.4, -0.2) is 38.5 Å². The number of amides is 1. The Bertz CT molecular complexity index is 449. The van der Waals surface area contributed by atoms with E-state index in [1.165, 1.54) is 6.07 Å². The predicted molar refractivity (Wildman–Crippen MR) is 78.7 cm³/mol. The Labute approximate surface area is 120 Å². The van der Waals surface area contributed by atoms with E-state index in [0.717, 1.165) is 5.56 Å². The second kappa shape index (κ2) is 7.97. The van der Waals surface area contributed by atoms with Gasteiger partial charge in [0.2, 0.25) is 5.91 Å². The van der Waals surface area contributed by atoms with Crippen LogP contribution in [0.25, 0.3) is 0 Å². The first-order valence-electron chi connectivity index (χ1n) is 6.78. The zero-order chi connectivity index (χ0) is 15.1. The molecule has 0 radical (unpaired) electrons. The highest BCUT2D eigenvalue weighted by molar-refractivity contribution is 5.78. The summed E-state index contributed by atoms with van der Waals surface area (Å²) in [6, 6.07) is 4.97. The first-order chi connectivity index (χ1) is 9.43. The summed E-state index contributed by atoms with van der Waals surface area (Å²) in [7, 11) is 5.61. The molecule has 0 aromatic heterocycles. The number of hydrogen-bond acceptors (Lipinski definition) is 3. The first kappa shape index (κ1) is 16.6. The minimum atomic E-state index is -0.211. The Morgan fingerprint density at radius 1 is 1.40 bits per heavy atom. The number of carbonyl (C=O) groups is 1. The molecule has 0 aliphatic carbocycles. The highest BCUT2D eigenvalue weighted by Gasteiger charge is 2.11. The fourth-order valence-corrected chi connectivity index (χ4v) is 1.96. The molecule has 1 rings (SSSR count). The second-order valence-electron chi connectivity index (χ2n) is 5.34. The topological polar surface area (TPSA) is 44.4 Å². The Kier molecular flexibility index (Phi) is 6.61. The summed E-state index contributed by atoms with van der Waals surface area (Å²) in [5.41, 5.74) is 1.55. The van der Waals surface area contributed by atoms with E-state index >= 15 is 0 Å². The smallest absolute Gasteiger partial charge is 0.224 e. The van der Waals surface area contributed by atoms with Crippen LogP contribution in [0, 0.1) is 11.7 Å². The van der Waals surface area contributed by atoms with Crippen molar-refractivity contribution in [1.29, 1.82) is 0 Å². The van der Waals surface area contributed by atoms with Gasteiger partial charge in [0.25, 0.3) is 0 Å². The number of hydrogen-bond donors (Lipinski definition) is 2. The van der Waals surface area contributed by atoms with Crippen molar-refractivity contribution in [2.45, 2.75) is 20.0 Å². The Morgan fingerprint density at radius 2 is 2.10 bits per heavy atom. The molecule has 1 atom stereocenters. The maximum Gasteiger partial charge on any atom is 0.224 e. The van der Waals surface area contributed by atoms with Gasteiger partial charge in [-0.2, -0.15) is 0 Å². The van der Waals surface area contributed by atoms with E-state index in [4.69, 9.17) is 0 Å². The largest absolute Gasteiger partial charge is 0.352 e. The fourth-order valence-electron chi connectivity index (χ4n) is 1.96. The summed E-state index contributed by atoms with van der Waals surface area (Å²) in [6.45, 7) is 3.48. The average molecular weight is 281 g/mol. The van der Waals surface area contributed by atoms with Gasteiger partial charge in [0.1, 0.15) is 5.82 Å². The van der Waals surface area contributed by atoms with E-state index in [-0.39, 0.29) is 17.6 Å². The van der Waals surface area contributed by atoms with Crippen LogP contribution in [0.2, 0.25) is 0 Å². The number of halogens is 1. The second-order valence-corrected chi connectivity index (χ2v) is 5.34. The van der Waals surface area contributed by atoms with Crippen molar-refractivity contribution in [3.05, 3.63) is 35.1 Å². The molecule has 1 aromatic carbocycles. The molecule has 0 saturated heterocycles. The third-order valence-corrected chi connectivity index (χ3v) is 3.02. The lowest BCUT2D eigenvalue weighted by Crippen LogP contribution is -2.33. The first-order valence-corrected chi connectivity index (χ1v) is 6.78. The summed E-state index contributed by atoms with van der Waals surface area (Å²) in [5, 5.41) is 5.84. The Hall–Kier alpha value is -1.46. The number of rotatable bonds is 7. The molecule has 0 saturated carbocycles. The van der Waals surface area contributed by atoms with Gasteiger partial charge in [0, 0.05) is 31.1 Å². The molecular formula is C15H24FN3O. The molecule has 112 valence electrons. The maximum atomic E-state index is 13.6. The molecule has 2 N–H and O–H groups in total. The zero-order valence-corrected chi connectivity index (χ0v) is 12.7. The summed E-state index contributed by atoms with van der Waals surface area (Å²) in [5.74, 6) is -0.295. The van der Waals surface area contributed by atoms with E-state index in [2.05, 4.69) is 10.6 Å². The van der Waals surface area contributed by atoms with Gasteiger partial charge in [-0.1, -0.05) is 13.0 Å². The van der Waals surface area contributed by atoms with Crippen LogP contribution in [0.3, 0.4) is 0 Å². The highest BCUT2D eigenvalue weighted by atomic mass is 19.1. The molecule has 0 aliphatic heterocycles. The molecule has 0 fully saturated rings. The Morgan fingerprint density at radius 3 is 2.70 bits per heavy atom. The third-order valence-electron chi connectivity index (χ3n) is 3.02. The number of benzene rings is 1. The van der Waals surface area contributed by atoms with Crippen molar-refractivity contribution in [2.24, 2.45) is 5.92 Å². The van der Waals surface area contributed by atoms with Crippen LogP contribution < -0.4 is 10.6 Å². The van der Waals surface area contributed by atoms with E-state index in [0.29, 0.717) is 25.2 Å². The predicted octanol–water partition coefficient (Wildman–Crippen LogP) is 1.36. The lowest BCUT2D eigenvalue weighted by molar-refractivity contribution is -0.124. The third kappa shape index (κ3) is 5.27. The van der Waals surface area contributed by atoms with Crippen LogP contribution in [0.15, 0.2) is 18.2 Å². The van der Waals surface area contributed by atoms with Crippen molar-refractivity contribution >= 4 is 5.91 Å². The summed E-state index contributed by atoms with van der Waals surface area (Å²) in [6.07, 6.45) is 0. The van der Waals surface area contributed by atoms with E-state index in [9.17, 15) is 9.18 Å². The van der Waals surface area contributed by atoms with E-state index in [1.54, 1.807) is 12.1 Å². The van der Waals surface area contributed by atoms with Crippen molar-refractivity contribution in [2.75, 3.05) is 27.7 Å². The number of nitrogens with one attached hydrogen (secondary N) is 2. The van der Waals surface area contributed by atoms with Gasteiger partial charge in [-0.15, -0.1) is 0 Å². The summed E-state index contributed by atoms with van der Waals surface area (Å²) >= 11 is 0. The van der Waals surface area contributed by atoms with Gasteiger partial charge >= 0.3 is 0 Å². The van der Waals surface area contributed by atoms with Crippen molar-refractivity contribution < 1.29 is 9.18 Å². The quantitative estimate of drug-likeness (QED) is 0.793. The van der Waals surface area contributed by atoms with Crippen LogP contribution in [0.4, 0.5) is 4.39 Å². The summed E-state index contributed by atoms with van der Waals surface area (Å²) < 4.78 is 13.6. The molecule has 20 heavy (non-hydrogen) atoms.